The molecule has 0 fully saturated rings. The second-order valence-electron chi connectivity index (χ2n) is 6.77. The maximum atomic E-state index is 12.9. The summed E-state index contributed by atoms with van der Waals surface area (Å²) in [5, 5.41) is 12.2. The number of anilines is 3. The number of allylic oxidation sites excluding steroid dienone is 1. The number of alkyl halides is 3. The van der Waals surface area contributed by atoms with Gasteiger partial charge in [0, 0.05) is 32.1 Å². The normalized spacial score (nSPS) is 11.6. The van der Waals surface area contributed by atoms with E-state index in [2.05, 4.69) is 20.3 Å². The minimum absolute atomic E-state index is 0.0474. The van der Waals surface area contributed by atoms with Crippen molar-refractivity contribution in [2.45, 2.75) is 19.0 Å². The van der Waals surface area contributed by atoms with Crippen LogP contribution in [0.2, 0.25) is 0 Å². The average Bonchev–Trinajstić information content (AvgIpc) is 3.23. The summed E-state index contributed by atoms with van der Waals surface area (Å²) in [4.78, 5) is 26.0. The van der Waals surface area contributed by atoms with Gasteiger partial charge in [0.15, 0.2) is 5.13 Å². The van der Waals surface area contributed by atoms with Gasteiger partial charge >= 0.3 is 12.1 Å². The van der Waals surface area contributed by atoms with E-state index in [9.17, 15) is 18.0 Å². The van der Waals surface area contributed by atoms with Crippen molar-refractivity contribution in [3.63, 3.8) is 0 Å². The zero-order valence-electron chi connectivity index (χ0n) is 17.0. The van der Waals surface area contributed by atoms with Gasteiger partial charge < -0.3 is 15.3 Å². The SMILES string of the molecule is CN(CCCC=CC(=O)O)c1ncc(-c2cccc(Nc3cc(C(F)(F)F)ccn3)n2)s1. The molecule has 0 aliphatic heterocycles. The van der Waals surface area contributed by atoms with Gasteiger partial charge in [0.1, 0.15) is 11.6 Å². The first-order chi connectivity index (χ1) is 15.2. The number of halogens is 3. The highest BCUT2D eigenvalue weighted by Crippen LogP contribution is 2.32. The smallest absolute Gasteiger partial charge is 0.416 e. The molecule has 2 N–H and O–H groups in total. The first kappa shape index (κ1) is 23.2. The molecule has 0 saturated carbocycles. The number of hydrogen-bond donors (Lipinski definition) is 2. The van der Waals surface area contributed by atoms with Crippen LogP contribution in [0, 0.1) is 0 Å². The number of pyridine rings is 2. The van der Waals surface area contributed by atoms with Crippen LogP contribution in [-0.2, 0) is 11.0 Å². The fraction of sp³-hybridized carbons (Fsp3) is 0.238. The number of unbranched alkanes of at least 4 members (excludes halogenated alkanes) is 1. The number of thiazole rings is 1. The summed E-state index contributed by atoms with van der Waals surface area (Å²) in [5.74, 6) is -0.551. The summed E-state index contributed by atoms with van der Waals surface area (Å²) in [6, 6.07) is 7.02. The molecule has 0 radical (unpaired) electrons. The highest BCUT2D eigenvalue weighted by molar-refractivity contribution is 7.18. The van der Waals surface area contributed by atoms with E-state index in [0.717, 1.165) is 40.8 Å². The van der Waals surface area contributed by atoms with Gasteiger partial charge in [-0.2, -0.15) is 13.2 Å². The Morgan fingerprint density at radius 1 is 1.25 bits per heavy atom. The molecule has 7 nitrogen and oxygen atoms in total. The lowest BCUT2D eigenvalue weighted by molar-refractivity contribution is -0.137. The Kier molecular flexibility index (Phi) is 7.41. The topological polar surface area (TPSA) is 91.2 Å². The van der Waals surface area contributed by atoms with Gasteiger partial charge in [-0.3, -0.25) is 0 Å². The Morgan fingerprint density at radius 3 is 2.81 bits per heavy atom. The van der Waals surface area contributed by atoms with E-state index in [1.165, 1.54) is 11.3 Å². The predicted molar refractivity (Wildman–Crippen MR) is 117 cm³/mol. The zero-order chi connectivity index (χ0) is 23.1. The lowest BCUT2D eigenvalue weighted by Gasteiger charge is -2.14. The van der Waals surface area contributed by atoms with E-state index >= 15 is 0 Å². The number of carboxylic acid groups (broad SMARTS) is 1. The third-order valence-electron chi connectivity index (χ3n) is 4.29. The van der Waals surface area contributed by atoms with Crippen molar-refractivity contribution in [3.05, 3.63) is 60.4 Å². The number of nitrogens with zero attached hydrogens (tertiary/aromatic N) is 4. The summed E-state index contributed by atoms with van der Waals surface area (Å²) < 4.78 is 38.7. The van der Waals surface area contributed by atoms with Crippen molar-refractivity contribution in [2.75, 3.05) is 23.8 Å². The molecule has 0 aliphatic carbocycles. The van der Waals surface area contributed by atoms with E-state index in [0.29, 0.717) is 24.5 Å². The minimum atomic E-state index is -4.45. The number of aromatic nitrogens is 3. The van der Waals surface area contributed by atoms with Gasteiger partial charge in [-0.05, 0) is 37.1 Å². The van der Waals surface area contributed by atoms with Gasteiger partial charge in [0.25, 0.3) is 0 Å². The monoisotopic (exact) mass is 463 g/mol. The van der Waals surface area contributed by atoms with Crippen LogP contribution < -0.4 is 10.2 Å². The summed E-state index contributed by atoms with van der Waals surface area (Å²) in [7, 11) is 1.90. The number of carbonyl (C=O) groups is 1. The van der Waals surface area contributed by atoms with E-state index in [1.807, 2.05) is 11.9 Å². The number of aliphatic carboxylic acids is 1. The zero-order valence-corrected chi connectivity index (χ0v) is 17.8. The first-order valence-electron chi connectivity index (χ1n) is 9.56. The van der Waals surface area contributed by atoms with E-state index in [4.69, 9.17) is 5.11 Å². The van der Waals surface area contributed by atoms with Crippen LogP contribution >= 0.6 is 11.3 Å². The van der Waals surface area contributed by atoms with Gasteiger partial charge in [0.2, 0.25) is 0 Å². The fourth-order valence-corrected chi connectivity index (χ4v) is 3.61. The van der Waals surface area contributed by atoms with Crippen molar-refractivity contribution in [1.82, 2.24) is 15.0 Å². The van der Waals surface area contributed by atoms with Crippen molar-refractivity contribution in [1.29, 1.82) is 0 Å². The average molecular weight is 463 g/mol. The van der Waals surface area contributed by atoms with Crippen molar-refractivity contribution >= 4 is 34.1 Å². The summed E-state index contributed by atoms with van der Waals surface area (Å²) in [6.45, 7) is 0.702. The van der Waals surface area contributed by atoms with Crippen LogP contribution in [0.15, 0.2) is 54.9 Å². The van der Waals surface area contributed by atoms with E-state index < -0.39 is 17.7 Å². The summed E-state index contributed by atoms with van der Waals surface area (Å²) in [5.41, 5.74) is -0.164. The van der Waals surface area contributed by atoms with Gasteiger partial charge in [-0.15, -0.1) is 0 Å². The van der Waals surface area contributed by atoms with E-state index in [1.54, 1.807) is 30.5 Å². The molecule has 0 unspecified atom stereocenters. The van der Waals surface area contributed by atoms with Crippen molar-refractivity contribution in [2.24, 2.45) is 0 Å². The third-order valence-corrected chi connectivity index (χ3v) is 5.42. The third kappa shape index (κ3) is 6.51. The Morgan fingerprint density at radius 2 is 2.06 bits per heavy atom. The lowest BCUT2D eigenvalue weighted by Crippen LogP contribution is -2.17. The second-order valence-corrected chi connectivity index (χ2v) is 7.78. The minimum Gasteiger partial charge on any atom is -0.478 e. The standard InChI is InChI=1S/C21H20F3N5O2S/c1-29(11-4-2-3-8-19(30)31)20-26-13-16(32-20)15-6-5-7-17(27-15)28-18-12-14(9-10-25-18)21(22,23)24/h3,5-10,12-13H,2,4,11H2,1H3,(H,30,31)(H,25,27,28). The molecule has 32 heavy (non-hydrogen) atoms. The Labute approximate surface area is 186 Å². The molecule has 3 aromatic rings. The first-order valence-corrected chi connectivity index (χ1v) is 10.4. The molecule has 0 atom stereocenters. The fourth-order valence-electron chi connectivity index (χ4n) is 2.73. The molecular formula is C21H20F3N5O2S. The molecule has 0 amide bonds. The summed E-state index contributed by atoms with van der Waals surface area (Å²) >= 11 is 1.43. The highest BCUT2D eigenvalue weighted by atomic mass is 32.1. The molecule has 3 heterocycles. The molecular weight excluding hydrogens is 443 g/mol. The Balaban J connectivity index is 1.66. The highest BCUT2D eigenvalue weighted by Gasteiger charge is 2.30. The van der Waals surface area contributed by atoms with Gasteiger partial charge in [0.05, 0.1) is 16.1 Å². The second kappa shape index (κ2) is 10.2. The number of rotatable bonds is 9. The molecule has 3 aromatic heterocycles. The van der Waals surface area contributed by atoms with Crippen molar-refractivity contribution < 1.29 is 23.1 Å². The van der Waals surface area contributed by atoms with Crippen LogP contribution in [0.25, 0.3) is 10.6 Å². The van der Waals surface area contributed by atoms with Crippen LogP contribution in [0.4, 0.5) is 29.9 Å². The number of nitrogens with one attached hydrogen (secondary N) is 1. The van der Waals surface area contributed by atoms with Crippen molar-refractivity contribution in [3.8, 4) is 10.6 Å². The molecule has 0 aliphatic rings. The maximum Gasteiger partial charge on any atom is 0.416 e. The predicted octanol–water partition coefficient (Wildman–Crippen LogP) is 5.22. The molecule has 0 saturated heterocycles. The largest absolute Gasteiger partial charge is 0.478 e. The molecule has 0 spiro atoms. The summed E-state index contributed by atoms with van der Waals surface area (Å²) in [6.07, 6.45) is 2.50. The number of hydrogen-bond acceptors (Lipinski definition) is 7. The lowest BCUT2D eigenvalue weighted by atomic mass is 10.2. The van der Waals surface area contributed by atoms with Crippen LogP contribution in [-0.4, -0.2) is 39.6 Å². The molecule has 0 aromatic carbocycles. The number of carboxylic acids is 1. The van der Waals surface area contributed by atoms with Crippen LogP contribution in [0.5, 0.6) is 0 Å². The van der Waals surface area contributed by atoms with Crippen LogP contribution in [0.1, 0.15) is 18.4 Å². The van der Waals surface area contributed by atoms with Crippen LogP contribution in [0.3, 0.4) is 0 Å². The molecule has 168 valence electrons. The van der Waals surface area contributed by atoms with E-state index in [-0.39, 0.29) is 5.82 Å². The Hall–Kier alpha value is -3.47. The van der Waals surface area contributed by atoms with Gasteiger partial charge in [-0.1, -0.05) is 23.5 Å². The Bertz CT molecular complexity index is 1100. The maximum absolute atomic E-state index is 12.9. The molecule has 0 bridgehead atoms. The molecule has 3 rings (SSSR count). The molecule has 11 heteroatoms. The quantitative estimate of drug-likeness (QED) is 0.332. The van der Waals surface area contributed by atoms with Gasteiger partial charge in [-0.25, -0.2) is 19.7 Å².